The van der Waals surface area contributed by atoms with Crippen molar-refractivity contribution in [1.29, 1.82) is 0 Å². The lowest BCUT2D eigenvalue weighted by Gasteiger charge is -2.08. The fourth-order valence-electron chi connectivity index (χ4n) is 1.75. The third-order valence-corrected chi connectivity index (χ3v) is 3.44. The number of rotatable bonds is 3. The van der Waals surface area contributed by atoms with Gasteiger partial charge in [-0.2, -0.15) is 0 Å². The van der Waals surface area contributed by atoms with Gasteiger partial charge in [-0.15, -0.1) is 11.3 Å². The van der Waals surface area contributed by atoms with Crippen molar-refractivity contribution in [2.45, 2.75) is 19.4 Å². The topological polar surface area (TPSA) is 57.5 Å². The van der Waals surface area contributed by atoms with Crippen LogP contribution in [0.1, 0.15) is 27.5 Å². The Labute approximate surface area is 86.2 Å². The lowest BCUT2D eigenvalue weighted by molar-refractivity contribution is -0.901. The van der Waals surface area contributed by atoms with Crippen molar-refractivity contribution in [1.82, 2.24) is 4.98 Å². The molecule has 0 aromatic carbocycles. The van der Waals surface area contributed by atoms with Crippen molar-refractivity contribution in [2.75, 3.05) is 13.1 Å². The molecule has 1 fully saturated rings. The zero-order valence-corrected chi connectivity index (χ0v) is 8.60. The predicted octanol–water partition coefficient (Wildman–Crippen LogP) is -1.31. The normalized spacial score (nSPS) is 17.4. The van der Waals surface area contributed by atoms with Gasteiger partial charge in [0.2, 0.25) is 0 Å². The number of carbonyl (C=O) groups is 1. The molecule has 76 valence electrons. The first-order valence-corrected chi connectivity index (χ1v) is 5.57. The Balaban J connectivity index is 1.98. The summed E-state index contributed by atoms with van der Waals surface area (Å²) in [7, 11) is 0. The van der Waals surface area contributed by atoms with Gasteiger partial charge in [0.15, 0.2) is 0 Å². The maximum atomic E-state index is 10.5. The van der Waals surface area contributed by atoms with Crippen molar-refractivity contribution in [3.8, 4) is 0 Å². The number of nitrogens with zero attached hydrogens (tertiary/aromatic N) is 1. The zero-order valence-electron chi connectivity index (χ0n) is 7.78. The third kappa shape index (κ3) is 2.10. The van der Waals surface area contributed by atoms with Crippen LogP contribution in [0.3, 0.4) is 0 Å². The van der Waals surface area contributed by atoms with Crippen LogP contribution in [0.15, 0.2) is 6.20 Å². The second kappa shape index (κ2) is 4.06. The molecule has 0 radical (unpaired) electrons. The summed E-state index contributed by atoms with van der Waals surface area (Å²) in [5.41, 5.74) is 0. The Hall–Kier alpha value is -0.940. The second-order valence-corrected chi connectivity index (χ2v) is 4.65. The molecule has 0 unspecified atom stereocenters. The molecule has 1 N–H and O–H groups in total. The van der Waals surface area contributed by atoms with Gasteiger partial charge in [-0.25, -0.2) is 4.98 Å². The summed E-state index contributed by atoms with van der Waals surface area (Å²) in [6.07, 6.45) is 3.94. The van der Waals surface area contributed by atoms with E-state index in [0.29, 0.717) is 0 Å². The van der Waals surface area contributed by atoms with Crippen LogP contribution >= 0.6 is 11.3 Å². The van der Waals surface area contributed by atoms with Crippen molar-refractivity contribution in [3.05, 3.63) is 16.1 Å². The molecule has 1 aliphatic heterocycles. The summed E-state index contributed by atoms with van der Waals surface area (Å²) in [5, 5.41) is 11.4. The molecule has 1 aromatic rings. The van der Waals surface area contributed by atoms with Crippen molar-refractivity contribution >= 4 is 17.3 Å². The van der Waals surface area contributed by atoms with Crippen LogP contribution < -0.4 is 10.0 Å². The number of nitrogens with one attached hydrogen (secondary N) is 1. The summed E-state index contributed by atoms with van der Waals surface area (Å²) >= 11 is 1.23. The molecule has 14 heavy (non-hydrogen) atoms. The van der Waals surface area contributed by atoms with Gasteiger partial charge in [-0.05, 0) is 0 Å². The molecule has 0 amide bonds. The van der Waals surface area contributed by atoms with Gasteiger partial charge in [0.25, 0.3) is 0 Å². The molecule has 1 aliphatic rings. The SMILES string of the molecule is O=C([O-])c1cnc(C[NH+]2CCCC2)s1. The van der Waals surface area contributed by atoms with Crippen molar-refractivity contribution < 1.29 is 14.8 Å². The molecule has 2 rings (SSSR count). The van der Waals surface area contributed by atoms with Crippen molar-refractivity contribution in [3.63, 3.8) is 0 Å². The maximum absolute atomic E-state index is 10.5. The average Bonchev–Trinajstić information content (AvgIpc) is 2.75. The number of hydrogen-bond acceptors (Lipinski definition) is 4. The number of thiazole rings is 1. The van der Waals surface area contributed by atoms with Crippen LogP contribution in [0.2, 0.25) is 0 Å². The molecule has 0 spiro atoms. The summed E-state index contributed by atoms with van der Waals surface area (Å²) in [6.45, 7) is 3.22. The fraction of sp³-hybridized carbons (Fsp3) is 0.556. The van der Waals surface area contributed by atoms with Crippen LogP contribution in [0.25, 0.3) is 0 Å². The van der Waals surface area contributed by atoms with Crippen molar-refractivity contribution in [2.24, 2.45) is 0 Å². The predicted molar refractivity (Wildman–Crippen MR) is 50.1 cm³/mol. The molecule has 0 atom stereocenters. The highest BCUT2D eigenvalue weighted by Crippen LogP contribution is 2.10. The van der Waals surface area contributed by atoms with E-state index in [0.717, 1.165) is 11.6 Å². The minimum Gasteiger partial charge on any atom is -0.544 e. The van der Waals surface area contributed by atoms with Gasteiger partial charge in [0.1, 0.15) is 11.6 Å². The van der Waals surface area contributed by atoms with Crippen LogP contribution in [-0.4, -0.2) is 24.0 Å². The van der Waals surface area contributed by atoms with E-state index in [1.54, 1.807) is 0 Å². The van der Waals surface area contributed by atoms with Gasteiger partial charge >= 0.3 is 0 Å². The first-order chi connectivity index (χ1) is 6.75. The summed E-state index contributed by atoms with van der Waals surface area (Å²) in [6, 6.07) is 0. The van der Waals surface area contributed by atoms with Gasteiger partial charge in [-0.3, -0.25) is 0 Å². The summed E-state index contributed by atoms with van der Waals surface area (Å²) in [4.78, 5) is 16.3. The molecular formula is C9H12N2O2S. The molecule has 4 nitrogen and oxygen atoms in total. The number of aromatic nitrogens is 1. The van der Waals surface area contributed by atoms with E-state index in [1.165, 1.54) is 48.4 Å². The van der Waals surface area contributed by atoms with Crippen LogP contribution in [-0.2, 0) is 6.54 Å². The van der Waals surface area contributed by atoms with Crippen LogP contribution in [0.5, 0.6) is 0 Å². The zero-order chi connectivity index (χ0) is 9.97. The third-order valence-electron chi connectivity index (χ3n) is 2.47. The number of carbonyl (C=O) groups excluding carboxylic acids is 1. The molecule has 1 aromatic heterocycles. The number of likely N-dealkylation sites (tertiary alicyclic amines) is 1. The highest BCUT2D eigenvalue weighted by molar-refractivity contribution is 7.13. The molecule has 0 aliphatic carbocycles. The van der Waals surface area contributed by atoms with E-state index in [9.17, 15) is 9.90 Å². The van der Waals surface area contributed by atoms with Crippen LogP contribution in [0.4, 0.5) is 0 Å². The fourth-order valence-corrected chi connectivity index (χ4v) is 2.58. The number of aromatic carboxylic acids is 1. The molecule has 2 heterocycles. The van der Waals surface area contributed by atoms with Gasteiger partial charge in [-0.1, -0.05) is 0 Å². The Morgan fingerprint density at radius 3 is 2.86 bits per heavy atom. The van der Waals surface area contributed by atoms with Gasteiger partial charge in [0, 0.05) is 19.0 Å². The van der Waals surface area contributed by atoms with E-state index in [-0.39, 0.29) is 4.88 Å². The smallest absolute Gasteiger partial charge is 0.148 e. The van der Waals surface area contributed by atoms with E-state index in [1.807, 2.05) is 0 Å². The standard InChI is InChI=1S/C9H12N2O2S/c12-9(13)7-5-10-8(14-7)6-11-3-1-2-4-11/h5H,1-4,6H2,(H,12,13). The van der Waals surface area contributed by atoms with Crippen LogP contribution in [0, 0.1) is 0 Å². The first kappa shape index (κ1) is 9.61. The Bertz CT molecular complexity index is 331. The number of carboxylic acids is 1. The number of quaternary nitrogens is 1. The Morgan fingerprint density at radius 1 is 1.57 bits per heavy atom. The molecule has 0 saturated carbocycles. The van der Waals surface area contributed by atoms with E-state index in [4.69, 9.17) is 0 Å². The van der Waals surface area contributed by atoms with E-state index in [2.05, 4.69) is 4.98 Å². The highest BCUT2D eigenvalue weighted by atomic mass is 32.1. The monoisotopic (exact) mass is 212 g/mol. The molecule has 0 bridgehead atoms. The lowest BCUT2D eigenvalue weighted by atomic mass is 10.4. The summed E-state index contributed by atoms with van der Waals surface area (Å²) < 4.78 is 0. The van der Waals surface area contributed by atoms with E-state index >= 15 is 0 Å². The molecule has 1 saturated heterocycles. The molecular weight excluding hydrogens is 200 g/mol. The quantitative estimate of drug-likeness (QED) is 0.676. The Morgan fingerprint density at radius 2 is 2.29 bits per heavy atom. The Kier molecular flexibility index (Phi) is 2.79. The summed E-state index contributed by atoms with van der Waals surface area (Å²) in [5.74, 6) is -1.12. The minimum absolute atomic E-state index is 0.235. The highest BCUT2D eigenvalue weighted by Gasteiger charge is 2.17. The second-order valence-electron chi connectivity index (χ2n) is 3.54. The number of hydrogen-bond donors (Lipinski definition) is 1. The molecule has 5 heteroatoms. The van der Waals surface area contributed by atoms with Gasteiger partial charge < -0.3 is 14.8 Å². The lowest BCUT2D eigenvalue weighted by Crippen LogP contribution is -3.08. The largest absolute Gasteiger partial charge is 0.544 e. The van der Waals surface area contributed by atoms with Gasteiger partial charge in [0.05, 0.1) is 23.9 Å². The number of carboxylic acid groups (broad SMARTS) is 1. The minimum atomic E-state index is -1.12. The maximum Gasteiger partial charge on any atom is 0.148 e. The first-order valence-electron chi connectivity index (χ1n) is 4.75. The average molecular weight is 212 g/mol. The van der Waals surface area contributed by atoms with E-state index < -0.39 is 5.97 Å².